The lowest BCUT2D eigenvalue weighted by molar-refractivity contribution is 1.02. The maximum absolute atomic E-state index is 5.71. The summed E-state index contributed by atoms with van der Waals surface area (Å²) >= 11 is 1.77. The first kappa shape index (κ1) is 37.7. The molecule has 0 aliphatic carbocycles. The summed E-state index contributed by atoms with van der Waals surface area (Å²) in [5, 5.41) is 9.61. The van der Waals surface area contributed by atoms with Crippen molar-refractivity contribution in [1.82, 2.24) is 19.1 Å². The van der Waals surface area contributed by atoms with E-state index in [1.807, 2.05) is 0 Å². The van der Waals surface area contributed by atoms with Crippen molar-refractivity contribution in [3.05, 3.63) is 231 Å². The van der Waals surface area contributed by atoms with Crippen molar-refractivity contribution in [2.75, 3.05) is 0 Å². The molecule has 5 heteroatoms. The normalized spacial score (nSPS) is 11.9. The van der Waals surface area contributed by atoms with Crippen LogP contribution in [0.5, 0.6) is 0 Å². The number of nitrogens with zero attached hydrogens (tertiary/aromatic N) is 4. The second-order valence-corrected chi connectivity index (χ2v) is 18.3. The Labute approximate surface area is 389 Å². The van der Waals surface area contributed by atoms with Crippen molar-refractivity contribution in [3.8, 4) is 55.6 Å². The molecule has 0 N–H and O–H groups in total. The van der Waals surface area contributed by atoms with Crippen LogP contribution in [0.2, 0.25) is 0 Å². The van der Waals surface area contributed by atoms with E-state index < -0.39 is 0 Å². The van der Waals surface area contributed by atoms with E-state index in [-0.39, 0.29) is 0 Å². The molecule has 4 nitrogen and oxygen atoms in total. The predicted molar refractivity (Wildman–Crippen MR) is 283 cm³/mol. The average Bonchev–Trinajstić information content (AvgIpc) is 4.08. The van der Waals surface area contributed by atoms with E-state index in [9.17, 15) is 0 Å². The second kappa shape index (κ2) is 15.0. The van der Waals surface area contributed by atoms with Gasteiger partial charge in [-0.25, -0.2) is 9.97 Å². The smallest absolute Gasteiger partial charge is 0.235 e. The summed E-state index contributed by atoms with van der Waals surface area (Å²) < 4.78 is 5.84. The molecule has 10 aromatic carbocycles. The number of hydrogen-bond acceptors (Lipinski definition) is 3. The summed E-state index contributed by atoms with van der Waals surface area (Å²) in [5.41, 5.74) is 14.3. The Hall–Kier alpha value is -8.64. The van der Waals surface area contributed by atoms with E-state index in [2.05, 4.69) is 240 Å². The molecule has 0 bridgehead atoms. The molecule has 14 aromatic rings. The molecule has 0 radical (unpaired) electrons. The van der Waals surface area contributed by atoms with Gasteiger partial charge < -0.3 is 4.57 Å². The molecule has 4 heterocycles. The molecule has 0 saturated heterocycles. The van der Waals surface area contributed by atoms with E-state index in [0.717, 1.165) is 76.6 Å². The van der Waals surface area contributed by atoms with Gasteiger partial charge in [-0.15, -0.1) is 11.3 Å². The van der Waals surface area contributed by atoms with Crippen molar-refractivity contribution in [1.29, 1.82) is 0 Å². The van der Waals surface area contributed by atoms with Gasteiger partial charge in [0, 0.05) is 54.2 Å². The zero-order valence-electron chi connectivity index (χ0n) is 36.1. The quantitative estimate of drug-likeness (QED) is 0.167. The number of para-hydroxylation sites is 2. The summed E-state index contributed by atoms with van der Waals surface area (Å²) in [5.74, 6) is 0.642. The number of hydrogen-bond donors (Lipinski definition) is 0. The van der Waals surface area contributed by atoms with Gasteiger partial charge in [0.1, 0.15) is 0 Å². The summed E-state index contributed by atoms with van der Waals surface area (Å²) in [6.45, 7) is 0. The highest BCUT2D eigenvalue weighted by Crippen LogP contribution is 2.48. The molecule has 312 valence electrons. The molecule has 0 atom stereocenters. The molecule has 4 aromatic heterocycles. The van der Waals surface area contributed by atoms with Crippen LogP contribution < -0.4 is 0 Å². The van der Waals surface area contributed by atoms with Crippen LogP contribution in [-0.2, 0) is 0 Å². The van der Waals surface area contributed by atoms with Gasteiger partial charge in [0.2, 0.25) is 5.95 Å². The van der Waals surface area contributed by atoms with Gasteiger partial charge in [-0.2, -0.15) is 0 Å². The molecule has 67 heavy (non-hydrogen) atoms. The van der Waals surface area contributed by atoms with Crippen molar-refractivity contribution in [2.24, 2.45) is 0 Å². The molecule has 0 amide bonds. The standard InChI is InChI=1S/C62H38N4S/c1-5-20-41(21-6-1)54-57-61(67-60(54)43-24-9-3-10-25-43)56(42-22-7-2-8-23-42)63-62(64-57)66-52-36-34-44(38-51(52)49-35-32-40-19-14-16-29-47(40)58(49)66)48-30-17-31-50-55-46-28-15-13-18-39(46)33-37-53(55)65(59(48)50)45-26-11-4-12-27-45/h1-38H. The minimum Gasteiger partial charge on any atom is -0.309 e. The summed E-state index contributed by atoms with van der Waals surface area (Å²) in [7, 11) is 0. The van der Waals surface area contributed by atoms with Crippen molar-refractivity contribution < 1.29 is 0 Å². The molecule has 14 rings (SSSR count). The fourth-order valence-electron chi connectivity index (χ4n) is 10.6. The number of fused-ring (bicyclic) bond motifs is 11. The summed E-state index contributed by atoms with van der Waals surface area (Å²) in [4.78, 5) is 12.5. The Kier molecular flexibility index (Phi) is 8.42. The third-order valence-corrected chi connectivity index (χ3v) is 14.8. The van der Waals surface area contributed by atoms with Crippen molar-refractivity contribution >= 4 is 86.7 Å². The minimum atomic E-state index is 0.642. The van der Waals surface area contributed by atoms with E-state index in [0.29, 0.717) is 5.95 Å². The van der Waals surface area contributed by atoms with Crippen molar-refractivity contribution in [3.63, 3.8) is 0 Å². The number of thiophene rings is 1. The lowest BCUT2D eigenvalue weighted by Gasteiger charge is -2.13. The second-order valence-electron chi connectivity index (χ2n) is 17.3. The Morgan fingerprint density at radius 3 is 1.75 bits per heavy atom. The van der Waals surface area contributed by atoms with Crippen LogP contribution in [-0.4, -0.2) is 19.1 Å². The van der Waals surface area contributed by atoms with E-state index >= 15 is 0 Å². The first-order valence-electron chi connectivity index (χ1n) is 22.7. The van der Waals surface area contributed by atoms with Gasteiger partial charge in [-0.3, -0.25) is 4.57 Å². The Morgan fingerprint density at radius 1 is 0.373 bits per heavy atom. The lowest BCUT2D eigenvalue weighted by Crippen LogP contribution is -2.03. The average molecular weight is 871 g/mol. The fraction of sp³-hybridized carbons (Fsp3) is 0. The molecule has 0 unspecified atom stereocenters. The monoisotopic (exact) mass is 870 g/mol. The first-order chi connectivity index (χ1) is 33.3. The zero-order chi connectivity index (χ0) is 44.0. The maximum atomic E-state index is 5.71. The molecule has 0 saturated carbocycles. The van der Waals surface area contributed by atoms with Gasteiger partial charge >= 0.3 is 0 Å². The van der Waals surface area contributed by atoms with Crippen molar-refractivity contribution in [2.45, 2.75) is 0 Å². The molecular weight excluding hydrogens is 833 g/mol. The topological polar surface area (TPSA) is 35.6 Å². The largest absolute Gasteiger partial charge is 0.309 e. The SMILES string of the molecule is c1ccc(-c2sc3c(-c4ccccc4)nc(-n4c5ccc(-c6cccc7c8c9ccccc9ccc8n(-c8ccccc8)c67)cc5c5ccc6ccccc6c54)nc3c2-c2ccccc2)cc1. The van der Waals surface area contributed by atoms with Crippen LogP contribution in [0.4, 0.5) is 0 Å². The van der Waals surface area contributed by atoms with Crippen LogP contribution in [0.3, 0.4) is 0 Å². The van der Waals surface area contributed by atoms with Crippen LogP contribution in [0.25, 0.3) is 131 Å². The predicted octanol–water partition coefficient (Wildman–Crippen LogP) is 16.9. The molecule has 0 aliphatic heterocycles. The van der Waals surface area contributed by atoms with E-state index in [1.165, 1.54) is 48.4 Å². The maximum Gasteiger partial charge on any atom is 0.235 e. The molecule has 0 fully saturated rings. The highest BCUT2D eigenvalue weighted by Gasteiger charge is 2.26. The minimum absolute atomic E-state index is 0.642. The molecular formula is C62H38N4S. The summed E-state index contributed by atoms with van der Waals surface area (Å²) in [6, 6.07) is 83.1. The number of benzene rings is 10. The number of rotatable bonds is 6. The summed E-state index contributed by atoms with van der Waals surface area (Å²) in [6.07, 6.45) is 0. The first-order valence-corrected chi connectivity index (χ1v) is 23.6. The van der Waals surface area contributed by atoms with Gasteiger partial charge in [0.25, 0.3) is 0 Å². The zero-order valence-corrected chi connectivity index (χ0v) is 37.0. The van der Waals surface area contributed by atoms with Gasteiger partial charge in [-0.05, 0) is 63.2 Å². The van der Waals surface area contributed by atoms with Crippen LogP contribution in [0.1, 0.15) is 0 Å². The van der Waals surface area contributed by atoms with Crippen LogP contribution in [0.15, 0.2) is 231 Å². The highest BCUT2D eigenvalue weighted by atomic mass is 32.1. The highest BCUT2D eigenvalue weighted by molar-refractivity contribution is 7.23. The number of aromatic nitrogens is 4. The van der Waals surface area contributed by atoms with E-state index in [4.69, 9.17) is 9.97 Å². The van der Waals surface area contributed by atoms with Gasteiger partial charge in [-0.1, -0.05) is 200 Å². The molecule has 0 spiro atoms. The van der Waals surface area contributed by atoms with Crippen LogP contribution in [0, 0.1) is 0 Å². The Morgan fingerprint density at radius 2 is 0.985 bits per heavy atom. The van der Waals surface area contributed by atoms with Crippen LogP contribution >= 0.6 is 11.3 Å². The third-order valence-electron chi connectivity index (χ3n) is 13.5. The van der Waals surface area contributed by atoms with Gasteiger partial charge in [0.05, 0.1) is 38.0 Å². The fourth-order valence-corrected chi connectivity index (χ4v) is 11.9. The lowest BCUT2D eigenvalue weighted by atomic mass is 9.98. The molecule has 0 aliphatic rings. The Balaban J connectivity index is 1.09. The third kappa shape index (κ3) is 5.78. The van der Waals surface area contributed by atoms with Gasteiger partial charge in [0.15, 0.2) is 0 Å². The Bertz CT molecular complexity index is 4240. The van der Waals surface area contributed by atoms with E-state index in [1.54, 1.807) is 11.3 Å².